The molecule has 0 unspecified atom stereocenters. The van der Waals surface area contributed by atoms with E-state index in [0.717, 1.165) is 11.4 Å². The number of para-hydroxylation sites is 3. The summed E-state index contributed by atoms with van der Waals surface area (Å²) in [5.41, 5.74) is 9.48. The van der Waals surface area contributed by atoms with Gasteiger partial charge in [-0.15, -0.1) is 0 Å². The molecule has 3 heteroatoms. The zero-order valence-corrected chi connectivity index (χ0v) is 32.3. The minimum absolute atomic E-state index is 1.14. The van der Waals surface area contributed by atoms with Crippen LogP contribution < -0.4 is 20.7 Å². The number of hydrogen-bond acceptors (Lipinski definition) is 0. The molecule has 0 saturated heterocycles. The number of fused-ring (bicyclic) bond motifs is 6. The van der Waals surface area contributed by atoms with Gasteiger partial charge in [0.2, 0.25) is 0 Å². The van der Waals surface area contributed by atoms with Crippen molar-refractivity contribution in [3.63, 3.8) is 0 Å². The first-order chi connectivity index (χ1) is 28.3. The molecule has 0 radical (unpaired) electrons. The van der Waals surface area contributed by atoms with E-state index in [-0.39, 0.29) is 0 Å². The molecule has 9 aromatic carbocycles. The van der Waals surface area contributed by atoms with Gasteiger partial charge in [0.1, 0.15) is 0 Å². The van der Waals surface area contributed by atoms with Crippen molar-refractivity contribution in [2.24, 2.45) is 0 Å². The van der Waals surface area contributed by atoms with Crippen molar-refractivity contribution >= 4 is 72.4 Å². The third kappa shape index (κ3) is 5.10. The fraction of sp³-hybridized carbons (Fsp3) is 0. The Labute approximate surface area is 333 Å². The van der Waals surface area contributed by atoms with E-state index in [1.165, 1.54) is 75.5 Å². The number of hydrogen-bond donors (Lipinski definition) is 0. The van der Waals surface area contributed by atoms with Crippen molar-refractivity contribution < 1.29 is 0 Å². The maximum absolute atomic E-state index is 2.87. The first kappa shape index (κ1) is 33.2. The summed E-state index contributed by atoms with van der Waals surface area (Å²) < 4.78 is 4.96. The molecule has 2 nitrogen and oxygen atoms in total. The highest BCUT2D eigenvalue weighted by Gasteiger charge is 2.43. The van der Waals surface area contributed by atoms with E-state index in [1.54, 1.807) is 0 Å². The Bertz CT molecular complexity index is 3110. The molecule has 2 aromatic heterocycles. The Kier molecular flexibility index (Phi) is 7.87. The molecule has 0 saturated carbocycles. The molecule has 0 bridgehead atoms. The van der Waals surface area contributed by atoms with Crippen LogP contribution in [0.25, 0.3) is 66.1 Å². The highest BCUT2D eigenvalue weighted by atomic mass is 28.3. The lowest BCUT2D eigenvalue weighted by atomic mass is 9.98. The van der Waals surface area contributed by atoms with Gasteiger partial charge in [-0.05, 0) is 74.3 Å². The fourth-order valence-electron chi connectivity index (χ4n) is 9.55. The maximum atomic E-state index is 2.52. The molecule has 0 aliphatic rings. The first-order valence-corrected chi connectivity index (χ1v) is 21.7. The molecular weight excluding hydrogens is 705 g/mol. The Morgan fingerprint density at radius 2 is 0.737 bits per heavy atom. The van der Waals surface area contributed by atoms with Gasteiger partial charge in [0.25, 0.3) is 0 Å². The standard InChI is InChI=1S/C54H38N2Si/c1-6-21-39(22-7-1)47-37-41(38-51-53(47)45-31-16-18-33-48(45)55(51)40-23-8-2-9-24-40)56-49-34-19-17-32-46(49)54-50(56)35-20-36-52(54)57(42-25-10-3-11-26-42,43-27-12-4-13-28-43)44-29-14-5-15-30-44/h1-38H. The Balaban J connectivity index is 1.30. The molecule has 0 spiro atoms. The van der Waals surface area contributed by atoms with Crippen LogP contribution in [-0.4, -0.2) is 17.2 Å². The second-order valence-electron chi connectivity index (χ2n) is 14.8. The number of nitrogens with zero attached hydrogens (tertiary/aromatic N) is 2. The normalized spacial score (nSPS) is 11.9. The van der Waals surface area contributed by atoms with Crippen LogP contribution in [0.3, 0.4) is 0 Å². The van der Waals surface area contributed by atoms with Gasteiger partial charge < -0.3 is 9.13 Å². The zero-order valence-electron chi connectivity index (χ0n) is 31.3. The lowest BCUT2D eigenvalue weighted by Gasteiger charge is -2.35. The van der Waals surface area contributed by atoms with Gasteiger partial charge in [0.15, 0.2) is 8.07 Å². The Morgan fingerprint density at radius 3 is 1.30 bits per heavy atom. The van der Waals surface area contributed by atoms with Crippen molar-refractivity contribution in [2.45, 2.75) is 0 Å². The summed E-state index contributed by atoms with van der Waals surface area (Å²) in [7, 11) is -2.87. The minimum Gasteiger partial charge on any atom is -0.309 e. The number of rotatable bonds is 7. The molecule has 11 rings (SSSR count). The zero-order chi connectivity index (χ0) is 37.8. The quantitative estimate of drug-likeness (QED) is 0.114. The van der Waals surface area contributed by atoms with Crippen molar-refractivity contribution in [1.82, 2.24) is 9.13 Å². The van der Waals surface area contributed by atoms with Gasteiger partial charge in [-0.3, -0.25) is 0 Å². The molecular formula is C54H38N2Si. The summed E-state index contributed by atoms with van der Waals surface area (Å²) >= 11 is 0. The average Bonchev–Trinajstić information content (AvgIpc) is 3.81. The smallest absolute Gasteiger partial charge is 0.180 e. The van der Waals surface area contributed by atoms with Crippen LogP contribution in [0, 0.1) is 0 Å². The van der Waals surface area contributed by atoms with E-state index < -0.39 is 8.07 Å². The van der Waals surface area contributed by atoms with Crippen LogP contribution in [0.2, 0.25) is 0 Å². The van der Waals surface area contributed by atoms with Crippen molar-refractivity contribution in [1.29, 1.82) is 0 Å². The van der Waals surface area contributed by atoms with E-state index in [2.05, 4.69) is 240 Å². The first-order valence-electron chi connectivity index (χ1n) is 19.7. The molecule has 0 N–H and O–H groups in total. The molecule has 2 heterocycles. The molecule has 0 fully saturated rings. The molecule has 268 valence electrons. The number of benzene rings is 9. The second-order valence-corrected chi connectivity index (χ2v) is 18.6. The summed E-state index contributed by atoms with van der Waals surface area (Å²) in [6.07, 6.45) is 0. The minimum atomic E-state index is -2.87. The summed E-state index contributed by atoms with van der Waals surface area (Å²) in [4.78, 5) is 0. The highest BCUT2D eigenvalue weighted by Crippen LogP contribution is 2.42. The van der Waals surface area contributed by atoms with Crippen molar-refractivity contribution in [3.05, 3.63) is 231 Å². The van der Waals surface area contributed by atoms with Gasteiger partial charge in [0, 0.05) is 32.9 Å². The van der Waals surface area contributed by atoms with Crippen molar-refractivity contribution in [3.8, 4) is 22.5 Å². The van der Waals surface area contributed by atoms with E-state index >= 15 is 0 Å². The van der Waals surface area contributed by atoms with Gasteiger partial charge in [-0.2, -0.15) is 0 Å². The predicted octanol–water partition coefficient (Wildman–Crippen LogP) is 10.9. The molecule has 0 aliphatic carbocycles. The summed E-state index contributed by atoms with van der Waals surface area (Å²) in [6.45, 7) is 0. The molecule has 0 amide bonds. The maximum Gasteiger partial charge on any atom is 0.180 e. The monoisotopic (exact) mass is 742 g/mol. The van der Waals surface area contributed by atoms with Crippen LogP contribution in [0.5, 0.6) is 0 Å². The van der Waals surface area contributed by atoms with Gasteiger partial charge >= 0.3 is 0 Å². The summed E-state index contributed by atoms with van der Waals surface area (Å²) in [6, 6.07) is 85.2. The van der Waals surface area contributed by atoms with Gasteiger partial charge in [-0.1, -0.05) is 188 Å². The van der Waals surface area contributed by atoms with E-state index in [0.29, 0.717) is 0 Å². The Morgan fingerprint density at radius 1 is 0.298 bits per heavy atom. The van der Waals surface area contributed by atoms with E-state index in [1.807, 2.05) is 0 Å². The van der Waals surface area contributed by atoms with Crippen molar-refractivity contribution in [2.75, 3.05) is 0 Å². The van der Waals surface area contributed by atoms with Crippen LogP contribution in [-0.2, 0) is 0 Å². The predicted molar refractivity (Wildman–Crippen MR) is 244 cm³/mol. The lowest BCUT2D eigenvalue weighted by Crippen LogP contribution is -2.74. The lowest BCUT2D eigenvalue weighted by molar-refractivity contribution is 1.15. The topological polar surface area (TPSA) is 9.86 Å². The van der Waals surface area contributed by atoms with Crippen LogP contribution in [0.1, 0.15) is 0 Å². The summed E-state index contributed by atoms with van der Waals surface area (Å²) in [5, 5.41) is 10.6. The SMILES string of the molecule is c1ccc(-c2cc(-n3c4ccccc4c4c([Si](c5ccccc5)(c5ccccc5)c5ccccc5)cccc43)cc3c2c2ccccc2n3-c2ccccc2)cc1. The van der Waals surface area contributed by atoms with Gasteiger partial charge in [0.05, 0.1) is 22.1 Å². The Hall–Kier alpha value is -7.20. The summed E-state index contributed by atoms with van der Waals surface area (Å²) in [5.74, 6) is 0. The highest BCUT2D eigenvalue weighted by molar-refractivity contribution is 7.20. The van der Waals surface area contributed by atoms with E-state index in [9.17, 15) is 0 Å². The second kappa shape index (κ2) is 13.5. The largest absolute Gasteiger partial charge is 0.309 e. The van der Waals surface area contributed by atoms with Crippen LogP contribution in [0.15, 0.2) is 231 Å². The van der Waals surface area contributed by atoms with Gasteiger partial charge in [-0.25, -0.2) is 0 Å². The van der Waals surface area contributed by atoms with Crippen LogP contribution in [0.4, 0.5) is 0 Å². The molecule has 0 aliphatic heterocycles. The molecule has 57 heavy (non-hydrogen) atoms. The third-order valence-corrected chi connectivity index (χ3v) is 16.7. The molecule has 0 atom stereocenters. The average molecular weight is 743 g/mol. The third-order valence-electron chi connectivity index (χ3n) is 11.8. The molecule has 11 aromatic rings. The van der Waals surface area contributed by atoms with Crippen LogP contribution >= 0.6 is 0 Å². The fourth-order valence-corrected chi connectivity index (χ4v) is 14.5. The van der Waals surface area contributed by atoms with E-state index in [4.69, 9.17) is 0 Å². The number of aromatic nitrogens is 2.